The zero-order valence-corrected chi connectivity index (χ0v) is 18.8. The van der Waals surface area contributed by atoms with Crippen LogP contribution in [0.25, 0.3) is 22.2 Å². The van der Waals surface area contributed by atoms with Crippen LogP contribution in [0, 0.1) is 6.92 Å². The zero-order valence-electron chi connectivity index (χ0n) is 18.8. The maximum absolute atomic E-state index is 12.7. The Morgan fingerprint density at radius 3 is 2.62 bits per heavy atom. The maximum atomic E-state index is 12.7. The highest BCUT2D eigenvalue weighted by atomic mass is 16.6. The van der Waals surface area contributed by atoms with Crippen LogP contribution in [0.1, 0.15) is 43.6 Å². The summed E-state index contributed by atoms with van der Waals surface area (Å²) in [5.74, 6) is 0. The Kier molecular flexibility index (Phi) is 5.95. The predicted octanol–water partition coefficient (Wildman–Crippen LogP) is 6.01. The average Bonchev–Trinajstić information content (AvgIpc) is 3.17. The van der Waals surface area contributed by atoms with Crippen molar-refractivity contribution >= 4 is 17.1 Å². The summed E-state index contributed by atoms with van der Waals surface area (Å²) in [5, 5.41) is 8.33. The first-order valence-corrected chi connectivity index (χ1v) is 10.6. The van der Waals surface area contributed by atoms with Gasteiger partial charge in [0, 0.05) is 29.3 Å². The van der Waals surface area contributed by atoms with Crippen LogP contribution < -0.4 is 5.32 Å². The first-order chi connectivity index (χ1) is 15.3. The normalized spacial score (nSPS) is 12.5. The van der Waals surface area contributed by atoms with Gasteiger partial charge in [0.25, 0.3) is 0 Å². The van der Waals surface area contributed by atoms with Crippen molar-refractivity contribution in [1.29, 1.82) is 0 Å². The van der Waals surface area contributed by atoms with Gasteiger partial charge in [0.15, 0.2) is 5.58 Å². The molecular formula is C26H27N3O3. The van der Waals surface area contributed by atoms with Gasteiger partial charge in [-0.3, -0.25) is 4.98 Å². The van der Waals surface area contributed by atoms with Crippen LogP contribution in [0.4, 0.5) is 4.79 Å². The molecule has 0 radical (unpaired) electrons. The third-order valence-electron chi connectivity index (χ3n) is 5.05. The maximum Gasteiger partial charge on any atom is 0.408 e. The molecule has 1 amide bonds. The summed E-state index contributed by atoms with van der Waals surface area (Å²) in [6, 6.07) is 19.3. The van der Waals surface area contributed by atoms with Gasteiger partial charge in [0.1, 0.15) is 11.3 Å². The molecule has 0 bridgehead atoms. The number of aromatic nitrogens is 2. The molecule has 2 aromatic heterocycles. The lowest BCUT2D eigenvalue weighted by atomic mass is 9.92. The molecule has 2 aromatic carbocycles. The molecule has 1 atom stereocenters. The Bertz CT molecular complexity index is 1230. The van der Waals surface area contributed by atoms with Gasteiger partial charge >= 0.3 is 6.09 Å². The Balaban J connectivity index is 1.79. The number of hydrogen-bond acceptors (Lipinski definition) is 5. The number of hydrogen-bond donors (Lipinski definition) is 1. The summed E-state index contributed by atoms with van der Waals surface area (Å²) in [5.41, 5.74) is 4.64. The molecule has 0 saturated heterocycles. The SMILES string of the molecule is Cc1ccc(-c2noc3ccccc23)c([C@H](Cc2ccccn2)NC(=O)OC(C)(C)C)c1. The van der Waals surface area contributed by atoms with Crippen LogP contribution in [0.2, 0.25) is 0 Å². The highest BCUT2D eigenvalue weighted by Crippen LogP contribution is 2.34. The first kappa shape index (κ1) is 21.6. The second-order valence-electron chi connectivity index (χ2n) is 8.84. The molecule has 0 aliphatic heterocycles. The molecule has 0 unspecified atom stereocenters. The van der Waals surface area contributed by atoms with Gasteiger partial charge in [-0.2, -0.15) is 0 Å². The number of amides is 1. The fourth-order valence-corrected chi connectivity index (χ4v) is 3.68. The van der Waals surface area contributed by atoms with Crippen molar-refractivity contribution in [2.24, 2.45) is 0 Å². The number of ether oxygens (including phenoxy) is 1. The van der Waals surface area contributed by atoms with E-state index in [0.717, 1.165) is 39.0 Å². The lowest BCUT2D eigenvalue weighted by Crippen LogP contribution is -2.36. The second kappa shape index (κ2) is 8.83. The molecule has 4 rings (SSSR count). The van der Waals surface area contributed by atoms with E-state index in [-0.39, 0.29) is 6.04 Å². The molecule has 0 spiro atoms. The summed E-state index contributed by atoms with van der Waals surface area (Å²) in [6.45, 7) is 7.57. The van der Waals surface area contributed by atoms with E-state index in [0.29, 0.717) is 6.42 Å². The van der Waals surface area contributed by atoms with Crippen molar-refractivity contribution in [2.45, 2.75) is 45.8 Å². The van der Waals surface area contributed by atoms with Gasteiger partial charge in [0.05, 0.1) is 6.04 Å². The van der Waals surface area contributed by atoms with Gasteiger partial charge in [-0.1, -0.05) is 47.1 Å². The van der Waals surface area contributed by atoms with Crippen molar-refractivity contribution in [1.82, 2.24) is 15.5 Å². The standard InChI is InChI=1S/C26H27N3O3/c1-17-12-13-19(24-20-10-5-6-11-23(20)32-29-24)21(15-17)22(16-18-9-7-8-14-27-18)28-25(30)31-26(2,3)4/h5-15,22H,16H2,1-4H3,(H,28,30)/t22-/m0/s1. The number of carbonyl (C=O) groups excluding carboxylic acids is 1. The number of aryl methyl sites for hydroxylation is 1. The van der Waals surface area contributed by atoms with Crippen molar-refractivity contribution < 1.29 is 14.1 Å². The summed E-state index contributed by atoms with van der Waals surface area (Å²) >= 11 is 0. The number of fused-ring (bicyclic) bond motifs is 1. The molecule has 0 fully saturated rings. The molecule has 2 heterocycles. The number of nitrogens with one attached hydrogen (secondary N) is 1. The Morgan fingerprint density at radius 1 is 1.09 bits per heavy atom. The average molecular weight is 430 g/mol. The van der Waals surface area contributed by atoms with Crippen LogP contribution in [-0.4, -0.2) is 21.8 Å². The van der Waals surface area contributed by atoms with Crippen LogP contribution in [0.3, 0.4) is 0 Å². The van der Waals surface area contributed by atoms with Crippen LogP contribution in [0.5, 0.6) is 0 Å². The fraction of sp³-hybridized carbons (Fsp3) is 0.269. The van der Waals surface area contributed by atoms with E-state index in [1.165, 1.54) is 0 Å². The van der Waals surface area contributed by atoms with Gasteiger partial charge in [-0.25, -0.2) is 4.79 Å². The summed E-state index contributed by atoms with van der Waals surface area (Å²) in [7, 11) is 0. The molecule has 6 heteroatoms. The Hall–Kier alpha value is -3.67. The third-order valence-corrected chi connectivity index (χ3v) is 5.05. The van der Waals surface area contributed by atoms with Gasteiger partial charge < -0.3 is 14.6 Å². The number of pyridine rings is 1. The lowest BCUT2D eigenvalue weighted by molar-refractivity contribution is 0.0503. The Morgan fingerprint density at radius 2 is 1.88 bits per heavy atom. The predicted molar refractivity (Wildman–Crippen MR) is 124 cm³/mol. The molecule has 0 aliphatic carbocycles. The highest BCUT2D eigenvalue weighted by molar-refractivity contribution is 5.92. The molecular weight excluding hydrogens is 402 g/mol. The van der Waals surface area contributed by atoms with Gasteiger partial charge in [0.2, 0.25) is 0 Å². The Labute approximate surface area is 187 Å². The quantitative estimate of drug-likeness (QED) is 0.421. The molecule has 0 saturated carbocycles. The molecule has 1 N–H and O–H groups in total. The van der Waals surface area contributed by atoms with Gasteiger partial charge in [-0.15, -0.1) is 0 Å². The van der Waals surface area contributed by atoms with Crippen LogP contribution >= 0.6 is 0 Å². The topological polar surface area (TPSA) is 77.3 Å². The van der Waals surface area contributed by atoms with E-state index in [2.05, 4.69) is 21.5 Å². The minimum atomic E-state index is -0.600. The number of benzene rings is 2. The van der Waals surface area contributed by atoms with Crippen LogP contribution in [0.15, 0.2) is 71.4 Å². The molecule has 4 aromatic rings. The lowest BCUT2D eigenvalue weighted by Gasteiger charge is -2.25. The van der Waals surface area contributed by atoms with Crippen molar-refractivity contribution in [3.8, 4) is 11.3 Å². The largest absolute Gasteiger partial charge is 0.444 e. The second-order valence-corrected chi connectivity index (χ2v) is 8.84. The molecule has 6 nitrogen and oxygen atoms in total. The number of para-hydroxylation sites is 1. The van der Waals surface area contributed by atoms with Crippen molar-refractivity contribution in [3.05, 3.63) is 83.7 Å². The molecule has 164 valence electrons. The highest BCUT2D eigenvalue weighted by Gasteiger charge is 2.25. The van der Waals surface area contributed by atoms with Crippen molar-refractivity contribution in [2.75, 3.05) is 0 Å². The molecule has 32 heavy (non-hydrogen) atoms. The minimum absolute atomic E-state index is 0.370. The number of alkyl carbamates (subject to hydrolysis) is 1. The zero-order chi connectivity index (χ0) is 22.7. The summed E-state index contributed by atoms with van der Waals surface area (Å²) < 4.78 is 11.1. The van der Waals surface area contributed by atoms with E-state index in [1.54, 1.807) is 6.20 Å². The summed E-state index contributed by atoms with van der Waals surface area (Å²) in [4.78, 5) is 17.2. The number of carbonyl (C=O) groups is 1. The van der Waals surface area contributed by atoms with E-state index in [1.807, 2.05) is 82.3 Å². The molecule has 0 aliphatic rings. The number of rotatable bonds is 5. The van der Waals surface area contributed by atoms with E-state index in [9.17, 15) is 4.79 Å². The van der Waals surface area contributed by atoms with Gasteiger partial charge in [-0.05, 0) is 57.5 Å². The van der Waals surface area contributed by atoms with Crippen molar-refractivity contribution in [3.63, 3.8) is 0 Å². The fourth-order valence-electron chi connectivity index (χ4n) is 3.68. The van der Waals surface area contributed by atoms with E-state index in [4.69, 9.17) is 9.26 Å². The summed E-state index contributed by atoms with van der Waals surface area (Å²) in [6.07, 6.45) is 1.78. The smallest absolute Gasteiger partial charge is 0.408 e. The number of nitrogens with zero attached hydrogens (tertiary/aromatic N) is 2. The van der Waals surface area contributed by atoms with Crippen LogP contribution in [-0.2, 0) is 11.2 Å². The van der Waals surface area contributed by atoms with E-state index >= 15 is 0 Å². The first-order valence-electron chi connectivity index (χ1n) is 10.6. The third kappa shape index (κ3) is 4.97. The van der Waals surface area contributed by atoms with E-state index < -0.39 is 11.7 Å². The minimum Gasteiger partial charge on any atom is -0.444 e. The monoisotopic (exact) mass is 429 g/mol.